The van der Waals surface area contributed by atoms with Crippen molar-refractivity contribution < 1.29 is 19.1 Å². The minimum Gasteiger partial charge on any atom is -0.459 e. The fourth-order valence-corrected chi connectivity index (χ4v) is 0.810. The quantitative estimate of drug-likeness (QED) is 0.409. The number of ether oxygens (including phenoxy) is 2. The maximum absolute atomic E-state index is 11.0. The summed E-state index contributed by atoms with van der Waals surface area (Å²) < 4.78 is 9.50. The van der Waals surface area contributed by atoms with Crippen molar-refractivity contribution >= 4 is 12.1 Å². The summed E-state index contributed by atoms with van der Waals surface area (Å²) in [5, 5.41) is 2.58. The van der Waals surface area contributed by atoms with Crippen molar-refractivity contribution in [1.29, 1.82) is 0 Å². The van der Waals surface area contributed by atoms with Crippen LogP contribution in [0, 0.1) is 0 Å². The average Bonchev–Trinajstić information content (AvgIpc) is 2.24. The highest BCUT2D eigenvalue weighted by molar-refractivity contribution is 5.86. The number of rotatable bonds is 7. The molecule has 0 atom stereocenters. The molecule has 5 nitrogen and oxygen atoms in total. The first-order chi connectivity index (χ1) is 7.57. The fourth-order valence-electron chi connectivity index (χ4n) is 0.810. The van der Waals surface area contributed by atoms with Gasteiger partial charge in [-0.1, -0.05) is 19.9 Å². The Balaban J connectivity index is 3.41. The smallest absolute Gasteiger partial charge is 0.407 e. The normalized spacial score (nSPS) is 9.38. The average molecular weight is 229 g/mol. The van der Waals surface area contributed by atoms with Crippen molar-refractivity contribution in [1.82, 2.24) is 5.32 Å². The Labute approximate surface area is 95.8 Å². The van der Waals surface area contributed by atoms with Gasteiger partial charge in [0, 0.05) is 12.1 Å². The lowest BCUT2D eigenvalue weighted by molar-refractivity contribution is -0.139. The third-order valence-corrected chi connectivity index (χ3v) is 1.70. The molecule has 0 aliphatic rings. The first-order valence-corrected chi connectivity index (χ1v) is 5.31. The van der Waals surface area contributed by atoms with Gasteiger partial charge in [-0.05, 0) is 13.3 Å². The van der Waals surface area contributed by atoms with Gasteiger partial charge in [0.1, 0.15) is 13.2 Å². The van der Waals surface area contributed by atoms with Crippen LogP contribution in [-0.2, 0) is 14.3 Å². The Bertz CT molecular complexity index is 250. The van der Waals surface area contributed by atoms with E-state index in [0.29, 0.717) is 12.1 Å². The van der Waals surface area contributed by atoms with E-state index in [4.69, 9.17) is 9.47 Å². The SMILES string of the molecule is C=C(C)C(=O)OCCOC(=O)NCCCC. The minimum atomic E-state index is -0.486. The molecule has 0 unspecified atom stereocenters. The third kappa shape index (κ3) is 7.84. The number of alkyl carbamates (subject to hydrolysis) is 1. The molecule has 0 aliphatic carbocycles. The number of carbonyl (C=O) groups is 2. The maximum atomic E-state index is 11.0. The van der Waals surface area contributed by atoms with Gasteiger partial charge in [0.2, 0.25) is 0 Å². The lowest BCUT2D eigenvalue weighted by Gasteiger charge is -2.07. The van der Waals surface area contributed by atoms with Gasteiger partial charge in [0.05, 0.1) is 0 Å². The van der Waals surface area contributed by atoms with E-state index in [0.717, 1.165) is 12.8 Å². The molecule has 0 bridgehead atoms. The van der Waals surface area contributed by atoms with Gasteiger partial charge >= 0.3 is 12.1 Å². The number of unbranched alkanes of at least 4 members (excludes halogenated alkanes) is 1. The highest BCUT2D eigenvalue weighted by Crippen LogP contribution is 1.91. The summed E-state index contributed by atoms with van der Waals surface area (Å²) in [7, 11) is 0. The highest BCUT2D eigenvalue weighted by atomic mass is 16.6. The van der Waals surface area contributed by atoms with E-state index in [9.17, 15) is 9.59 Å². The fraction of sp³-hybridized carbons (Fsp3) is 0.636. The monoisotopic (exact) mass is 229 g/mol. The van der Waals surface area contributed by atoms with Crippen LogP contribution < -0.4 is 5.32 Å². The standard InChI is InChI=1S/C11H19NO4/c1-4-5-6-12-11(14)16-8-7-15-10(13)9(2)3/h2,4-8H2,1,3H3,(H,12,14). The Hall–Kier alpha value is -1.52. The second kappa shape index (κ2) is 8.76. The van der Waals surface area contributed by atoms with Gasteiger partial charge < -0.3 is 14.8 Å². The largest absolute Gasteiger partial charge is 0.459 e. The van der Waals surface area contributed by atoms with E-state index in [1.54, 1.807) is 6.92 Å². The van der Waals surface area contributed by atoms with Crippen LogP contribution in [0.2, 0.25) is 0 Å². The highest BCUT2D eigenvalue weighted by Gasteiger charge is 2.04. The Morgan fingerprint density at radius 3 is 2.44 bits per heavy atom. The van der Waals surface area contributed by atoms with Crippen molar-refractivity contribution in [3.63, 3.8) is 0 Å². The molecule has 1 N–H and O–H groups in total. The number of amides is 1. The molecular weight excluding hydrogens is 210 g/mol. The van der Waals surface area contributed by atoms with Gasteiger partial charge in [0.15, 0.2) is 0 Å². The van der Waals surface area contributed by atoms with Crippen LogP contribution in [0.4, 0.5) is 4.79 Å². The van der Waals surface area contributed by atoms with E-state index in [1.165, 1.54) is 0 Å². The maximum Gasteiger partial charge on any atom is 0.407 e. The van der Waals surface area contributed by atoms with Gasteiger partial charge in [-0.2, -0.15) is 0 Å². The minimum absolute atomic E-state index is 0.0485. The lowest BCUT2D eigenvalue weighted by atomic mass is 10.3. The summed E-state index contributed by atoms with van der Waals surface area (Å²) >= 11 is 0. The van der Waals surface area contributed by atoms with Crippen LogP contribution in [0.3, 0.4) is 0 Å². The van der Waals surface area contributed by atoms with Gasteiger partial charge in [-0.15, -0.1) is 0 Å². The molecule has 0 aromatic heterocycles. The van der Waals surface area contributed by atoms with Crippen molar-refractivity contribution in [2.75, 3.05) is 19.8 Å². The second-order valence-corrected chi connectivity index (χ2v) is 3.33. The Morgan fingerprint density at radius 1 is 1.25 bits per heavy atom. The van der Waals surface area contributed by atoms with E-state index in [-0.39, 0.29) is 13.2 Å². The zero-order chi connectivity index (χ0) is 12.4. The summed E-state index contributed by atoms with van der Waals surface area (Å²) in [4.78, 5) is 21.9. The van der Waals surface area contributed by atoms with Crippen molar-refractivity contribution in [2.45, 2.75) is 26.7 Å². The molecule has 0 fully saturated rings. The van der Waals surface area contributed by atoms with Crippen LogP contribution in [0.1, 0.15) is 26.7 Å². The Morgan fingerprint density at radius 2 is 1.88 bits per heavy atom. The van der Waals surface area contributed by atoms with Crippen molar-refractivity contribution in [2.24, 2.45) is 0 Å². The summed E-state index contributed by atoms with van der Waals surface area (Å²) in [6.07, 6.45) is 1.44. The molecule has 92 valence electrons. The van der Waals surface area contributed by atoms with E-state index >= 15 is 0 Å². The van der Waals surface area contributed by atoms with Gasteiger partial charge in [0.25, 0.3) is 0 Å². The molecule has 5 heteroatoms. The van der Waals surface area contributed by atoms with Crippen LogP contribution in [0.5, 0.6) is 0 Å². The van der Waals surface area contributed by atoms with Gasteiger partial charge in [-0.3, -0.25) is 0 Å². The summed E-state index contributed by atoms with van der Waals surface area (Å²) in [5.74, 6) is -0.477. The number of esters is 1. The summed E-state index contributed by atoms with van der Waals surface area (Å²) in [6, 6.07) is 0. The predicted molar refractivity (Wildman–Crippen MR) is 60.0 cm³/mol. The summed E-state index contributed by atoms with van der Waals surface area (Å²) in [6.45, 7) is 7.71. The molecule has 0 spiro atoms. The van der Waals surface area contributed by atoms with Crippen LogP contribution >= 0.6 is 0 Å². The molecule has 0 saturated heterocycles. The molecule has 16 heavy (non-hydrogen) atoms. The topological polar surface area (TPSA) is 64.6 Å². The van der Waals surface area contributed by atoms with Crippen molar-refractivity contribution in [3.05, 3.63) is 12.2 Å². The van der Waals surface area contributed by atoms with Crippen molar-refractivity contribution in [3.8, 4) is 0 Å². The molecule has 0 saturated carbocycles. The molecule has 1 amide bonds. The Kier molecular flexibility index (Phi) is 7.93. The molecule has 0 rings (SSSR count). The first kappa shape index (κ1) is 14.5. The molecule has 0 aromatic rings. The zero-order valence-corrected chi connectivity index (χ0v) is 9.88. The summed E-state index contributed by atoms with van der Waals surface area (Å²) in [5.41, 5.74) is 0.326. The zero-order valence-electron chi connectivity index (χ0n) is 9.88. The molecule has 0 radical (unpaired) electrons. The van der Waals surface area contributed by atoms with E-state index < -0.39 is 12.1 Å². The lowest BCUT2D eigenvalue weighted by Crippen LogP contribution is -2.26. The molecule has 0 heterocycles. The van der Waals surface area contributed by atoms with Gasteiger partial charge in [-0.25, -0.2) is 9.59 Å². The number of hydrogen-bond acceptors (Lipinski definition) is 4. The van der Waals surface area contributed by atoms with E-state index in [1.807, 2.05) is 6.92 Å². The van der Waals surface area contributed by atoms with Crippen LogP contribution in [-0.4, -0.2) is 31.8 Å². The predicted octanol–water partition coefficient (Wildman–Crippen LogP) is 1.63. The third-order valence-electron chi connectivity index (χ3n) is 1.70. The molecule has 0 aliphatic heterocycles. The second-order valence-electron chi connectivity index (χ2n) is 3.33. The van der Waals surface area contributed by atoms with Crippen LogP contribution in [0.15, 0.2) is 12.2 Å². The number of nitrogens with one attached hydrogen (secondary N) is 1. The molecule has 0 aromatic carbocycles. The first-order valence-electron chi connectivity index (χ1n) is 5.31. The van der Waals surface area contributed by atoms with E-state index in [2.05, 4.69) is 11.9 Å². The molecular formula is C11H19NO4. The number of carbonyl (C=O) groups excluding carboxylic acids is 2. The van der Waals surface area contributed by atoms with Crippen LogP contribution in [0.25, 0.3) is 0 Å². The number of hydrogen-bond donors (Lipinski definition) is 1.